The van der Waals surface area contributed by atoms with Gasteiger partial charge in [-0.2, -0.15) is 84.6 Å². The Morgan fingerprint density at radius 2 is 0.838 bits per heavy atom. The molecule has 16 N–H and O–H groups in total. The van der Waals surface area contributed by atoms with Gasteiger partial charge in [0.05, 0.1) is 96.3 Å². The number of methoxy groups -OCH3 is 2. The predicted octanol–water partition coefficient (Wildman–Crippen LogP) is 10.7. The Labute approximate surface area is 775 Å². The molecule has 0 aliphatic rings. The van der Waals surface area contributed by atoms with Gasteiger partial charge in [0.15, 0.2) is 56.7 Å². The van der Waals surface area contributed by atoms with Crippen molar-refractivity contribution in [2.45, 2.75) is 25.3 Å². The monoisotopic (exact) mass is 1890 g/mol. The lowest BCUT2D eigenvalue weighted by Crippen LogP contribution is -2.23. The number of aromatic nitrogens is 28. The second kappa shape index (κ2) is 41.0. The van der Waals surface area contributed by atoms with Gasteiger partial charge in [-0.25, -0.2) is 24.6 Å². The normalized spacial score (nSPS) is 11.1. The number of non-ortho nitro benzene ring substituents is 1. The fraction of sp³-hybridized carbons (Fsp3) is 0.0805. The molecule has 49 heteroatoms. The molecule has 21 rings (SSSR count). The largest absolute Gasteiger partial charge is 0.497 e. The third kappa shape index (κ3) is 20.8. The fourth-order valence-electron chi connectivity index (χ4n) is 13.4. The van der Waals surface area contributed by atoms with Crippen molar-refractivity contribution in [3.05, 3.63) is 342 Å². The quantitative estimate of drug-likeness (QED) is 0.0249. The number of anilines is 7. The summed E-state index contributed by atoms with van der Waals surface area (Å²) in [5, 5.41) is 83.5. The first kappa shape index (κ1) is 90.8. The van der Waals surface area contributed by atoms with Crippen molar-refractivity contribution in [2.75, 3.05) is 48.6 Å². The predicted molar refractivity (Wildman–Crippen MR) is 508 cm³/mol. The molecule has 136 heavy (non-hydrogen) atoms. The number of H-pyrrole nitrogens is 6. The van der Waals surface area contributed by atoms with E-state index < -0.39 is 10.5 Å². The molecule has 0 aliphatic carbocycles. The van der Waals surface area contributed by atoms with Gasteiger partial charge in [0.25, 0.3) is 39.0 Å². The van der Waals surface area contributed by atoms with Crippen LogP contribution in [-0.2, 0) is 6.54 Å². The number of nitrogens with one attached hydrogen (secondary N) is 8. The Morgan fingerprint density at radius 3 is 1.32 bits per heavy atom. The fourth-order valence-corrected chi connectivity index (χ4v) is 13.9. The summed E-state index contributed by atoms with van der Waals surface area (Å²) in [6, 6.07) is 60.7. The molecule has 0 saturated carbocycles. The van der Waals surface area contributed by atoms with Crippen LogP contribution in [-0.4, -0.2) is 165 Å². The SMILES string of the molecule is COc1ccc(-n2nc3c(Nc4ncccn4)n[nH]c3cc2=O)cc1.COc1ccccc1-n1nc2c(N)n[nH]c2cc1=O.NCCC(CCn1nc2cn[nH]c2cc1=O)c1ccc(Cl)c(Cl)c1.Nc1n[nH]c2cc(=O)n(-c3ccc([N+](=O)[O-])cc3)nc12.Nc1n[nH]c2cc(=O)n(-c3ccccc3Cl)nc12.O=c1cc2[nH]nc(Nc3ncccn3)c2nn1-c1ccc(Oc2ccccc2)cc1. The van der Waals surface area contributed by atoms with Gasteiger partial charge in [-0.1, -0.05) is 83.3 Å². The molecule has 7 aromatic carbocycles. The van der Waals surface area contributed by atoms with Crippen LogP contribution < -0.4 is 81.1 Å². The number of halogens is 3. The Balaban J connectivity index is 0.000000119. The average Bonchev–Trinajstić information content (AvgIpc) is 1.62. The second-order valence-electron chi connectivity index (χ2n) is 28.8. The second-order valence-corrected chi connectivity index (χ2v) is 30.0. The number of nitrogens with two attached hydrogens (primary N) is 4. The van der Waals surface area contributed by atoms with Crippen LogP contribution in [0.2, 0.25) is 15.1 Å². The van der Waals surface area contributed by atoms with E-state index in [1.165, 1.54) is 91.2 Å². The highest BCUT2D eigenvalue weighted by Crippen LogP contribution is 2.32. The van der Waals surface area contributed by atoms with Gasteiger partial charge in [0.1, 0.15) is 34.2 Å². The van der Waals surface area contributed by atoms with Crippen molar-refractivity contribution < 1.29 is 19.1 Å². The topological polar surface area (TPSA) is 632 Å². The van der Waals surface area contributed by atoms with Crippen molar-refractivity contribution in [3.8, 4) is 51.4 Å². The van der Waals surface area contributed by atoms with E-state index in [-0.39, 0.29) is 56.9 Å². The summed E-state index contributed by atoms with van der Waals surface area (Å²) in [4.78, 5) is 99.5. The molecule has 46 nitrogen and oxygen atoms in total. The van der Waals surface area contributed by atoms with Crippen LogP contribution >= 0.6 is 34.8 Å². The van der Waals surface area contributed by atoms with Crippen molar-refractivity contribution in [2.24, 2.45) is 5.73 Å². The number of nitro groups is 1. The zero-order valence-electron chi connectivity index (χ0n) is 70.8. The molecule has 1 atom stereocenters. The van der Waals surface area contributed by atoms with Crippen molar-refractivity contribution in [3.63, 3.8) is 0 Å². The molecule has 14 heterocycles. The van der Waals surface area contributed by atoms with Gasteiger partial charge >= 0.3 is 0 Å². The Bertz CT molecular complexity index is 8260. The first-order chi connectivity index (χ1) is 66.0. The van der Waals surface area contributed by atoms with E-state index in [2.05, 4.69) is 122 Å². The summed E-state index contributed by atoms with van der Waals surface area (Å²) in [5.41, 5.74) is 30.7. The Morgan fingerprint density at radius 1 is 0.412 bits per heavy atom. The van der Waals surface area contributed by atoms with Crippen LogP contribution in [0.15, 0.2) is 278 Å². The minimum absolute atomic E-state index is 0.0642. The molecule has 0 radical (unpaired) electrons. The lowest BCUT2D eigenvalue weighted by atomic mass is 9.92. The molecule has 14 aromatic heterocycles. The zero-order valence-corrected chi connectivity index (χ0v) is 73.1. The van der Waals surface area contributed by atoms with Gasteiger partial charge in [-0.15, -0.1) is 0 Å². The summed E-state index contributed by atoms with van der Waals surface area (Å²) < 4.78 is 23.8. The van der Waals surface area contributed by atoms with E-state index in [4.69, 9.17) is 71.9 Å². The first-order valence-corrected chi connectivity index (χ1v) is 41.6. The first-order valence-electron chi connectivity index (χ1n) is 40.5. The van der Waals surface area contributed by atoms with Gasteiger partial charge in [0, 0.05) is 79.9 Å². The van der Waals surface area contributed by atoms with Gasteiger partial charge in [-0.05, 0) is 152 Å². The van der Waals surface area contributed by atoms with Crippen LogP contribution in [0.25, 0.3) is 94.6 Å². The van der Waals surface area contributed by atoms with Crippen LogP contribution in [0, 0.1) is 10.1 Å². The highest BCUT2D eigenvalue weighted by atomic mass is 35.5. The zero-order chi connectivity index (χ0) is 95.0. The maximum Gasteiger partial charge on any atom is 0.273 e. The molecule has 0 spiro atoms. The number of hydrogen-bond acceptors (Lipinski definition) is 33. The highest BCUT2D eigenvalue weighted by molar-refractivity contribution is 6.42. The summed E-state index contributed by atoms with van der Waals surface area (Å²) in [7, 11) is 3.12. The Kier molecular flexibility index (Phi) is 27.4. The van der Waals surface area contributed by atoms with Crippen LogP contribution in [0.5, 0.6) is 23.0 Å². The number of fused-ring (bicyclic) bond motifs is 6. The highest BCUT2D eigenvalue weighted by Gasteiger charge is 2.21. The standard InChI is InChI=1S/C21H15N7O2.C16H17Cl2N5O.C16H13N7O2.C12H11N5O2.C11H8ClN5O.C11H8N6O3/c29-18-13-17-19(20(26-25-17)24-21-22-11-4-12-23-21)27-28(18)14-7-9-16(10-8-14)30-15-5-2-1-3-6-15;17-12-2-1-11(7-13(12)18)10(3-5-19)4-6-23-16(24)8-14-15(22-23)9-20-21-14;1-25-11-5-3-10(4-6-11)23-13(24)9-12-14(22-23)15(21-20-12)19-16-17-7-2-8-18-16;1-19-9-5-3-2-4-8(9)17-10(18)6-7-11(16-17)12(13)15-14-7;12-6-3-1-2-4-8(6)17-9(18)5-7-10(16-17)11(13)15-14-7;12-11-10-8(13-14-11)5-9(18)16(15-10)6-1-3-7(4-2-6)17(19)20/h1-13,25H,(H,22,23,24,26);1-2,7-10,21H,3-6,19H2;2-9,20H,1H3,(H,17,18,19,21);2-6,14H,1H3,(H2,13,15);1-5,14H,(H2,13,15);1-5,13H,(H2,12,14). The number of nitrogen functional groups attached to an aromatic ring is 3. The number of hydrogen-bond donors (Lipinski definition) is 12. The van der Waals surface area contributed by atoms with Crippen LogP contribution in [0.4, 0.5) is 46.7 Å². The van der Waals surface area contributed by atoms with E-state index in [0.29, 0.717) is 164 Å². The summed E-state index contributed by atoms with van der Waals surface area (Å²) >= 11 is 18.1. The number of ether oxygens (including phenoxy) is 3. The molecule has 682 valence electrons. The van der Waals surface area contributed by atoms with Crippen molar-refractivity contribution in [1.29, 1.82) is 0 Å². The summed E-state index contributed by atoms with van der Waals surface area (Å²) in [5.74, 6) is 5.12. The number of benzene rings is 7. The van der Waals surface area contributed by atoms with Gasteiger partial charge in [-0.3, -0.25) is 69.5 Å². The molecule has 0 aliphatic heterocycles. The van der Waals surface area contributed by atoms with E-state index in [9.17, 15) is 38.9 Å². The molecule has 0 saturated heterocycles. The lowest BCUT2D eigenvalue weighted by molar-refractivity contribution is -0.384. The number of aryl methyl sites for hydroxylation is 1. The maximum absolute atomic E-state index is 12.6. The van der Waals surface area contributed by atoms with E-state index in [0.717, 1.165) is 28.8 Å². The molecular formula is C87H72Cl3N35O11. The lowest BCUT2D eigenvalue weighted by Gasteiger charge is -2.17. The number of aromatic amines is 6. The minimum atomic E-state index is -0.517. The van der Waals surface area contributed by atoms with E-state index >= 15 is 0 Å². The number of para-hydroxylation sites is 4. The third-order valence-electron chi connectivity index (χ3n) is 20.0. The van der Waals surface area contributed by atoms with Crippen LogP contribution in [0.3, 0.4) is 0 Å². The maximum atomic E-state index is 12.6. The summed E-state index contributed by atoms with van der Waals surface area (Å²) in [6.07, 6.45) is 9.59. The molecule has 0 amide bonds. The number of nitrogens with zero attached hydrogens (tertiary/aromatic N) is 23. The average molecular weight is 1890 g/mol. The summed E-state index contributed by atoms with van der Waals surface area (Å²) in [6.45, 7) is 1.04. The third-order valence-corrected chi connectivity index (χ3v) is 21.0. The minimum Gasteiger partial charge on any atom is -0.497 e. The van der Waals surface area contributed by atoms with Crippen molar-refractivity contribution >= 4 is 148 Å². The van der Waals surface area contributed by atoms with E-state index in [1.807, 2.05) is 48.5 Å². The van der Waals surface area contributed by atoms with Crippen molar-refractivity contribution in [1.82, 2.24) is 140 Å². The molecule has 0 fully saturated rings. The molecule has 0 bridgehead atoms. The van der Waals surface area contributed by atoms with Gasteiger partial charge in [0.2, 0.25) is 11.9 Å². The molecular weight excluding hydrogens is 1820 g/mol. The molecule has 21 aromatic rings. The van der Waals surface area contributed by atoms with Gasteiger partial charge < -0.3 is 47.8 Å². The number of nitro benzene ring substituents is 1. The van der Waals surface area contributed by atoms with E-state index in [1.54, 1.807) is 147 Å². The smallest absolute Gasteiger partial charge is 0.273 e. The number of rotatable bonds is 20. The van der Waals surface area contributed by atoms with Crippen LogP contribution in [0.1, 0.15) is 24.3 Å². The Hall–Kier alpha value is -18.6. The molecule has 1 unspecified atom stereocenters.